The van der Waals surface area contributed by atoms with Crippen LogP contribution >= 0.6 is 0 Å². The van der Waals surface area contributed by atoms with Crippen LogP contribution < -0.4 is 5.32 Å². The molecule has 0 bridgehead atoms. The quantitative estimate of drug-likeness (QED) is 0.876. The minimum atomic E-state index is 0.0822. The monoisotopic (exact) mass is 290 g/mol. The van der Waals surface area contributed by atoms with E-state index in [0.717, 1.165) is 44.6 Å². The van der Waals surface area contributed by atoms with Crippen molar-refractivity contribution in [2.24, 2.45) is 0 Å². The molecule has 1 aromatic carbocycles. The Labute approximate surface area is 127 Å². The molecule has 1 aliphatic rings. The van der Waals surface area contributed by atoms with Gasteiger partial charge < -0.3 is 15.0 Å². The number of hydrogen-bond acceptors (Lipinski definition) is 3. The van der Waals surface area contributed by atoms with E-state index in [2.05, 4.69) is 29.3 Å². The number of amides is 1. The second-order valence-corrected chi connectivity index (χ2v) is 5.65. The fourth-order valence-electron chi connectivity index (χ4n) is 2.72. The summed E-state index contributed by atoms with van der Waals surface area (Å²) in [5.74, 6) is 0.0822. The Morgan fingerprint density at radius 3 is 2.81 bits per heavy atom. The molecule has 1 aliphatic heterocycles. The summed E-state index contributed by atoms with van der Waals surface area (Å²) in [4.78, 5) is 14.3. The van der Waals surface area contributed by atoms with E-state index in [9.17, 15) is 4.79 Å². The molecular formula is C17H26N2O2. The zero-order chi connectivity index (χ0) is 15.1. The van der Waals surface area contributed by atoms with E-state index >= 15 is 0 Å². The number of anilines is 1. The van der Waals surface area contributed by atoms with Crippen LogP contribution in [-0.4, -0.2) is 43.7 Å². The van der Waals surface area contributed by atoms with Crippen molar-refractivity contribution in [3.63, 3.8) is 0 Å². The van der Waals surface area contributed by atoms with Crippen LogP contribution in [0.3, 0.4) is 0 Å². The van der Waals surface area contributed by atoms with Gasteiger partial charge in [-0.3, -0.25) is 4.79 Å². The van der Waals surface area contributed by atoms with Crippen LogP contribution in [-0.2, 0) is 16.0 Å². The van der Waals surface area contributed by atoms with Crippen LogP contribution in [0.5, 0.6) is 0 Å². The van der Waals surface area contributed by atoms with Crippen LogP contribution in [0.2, 0.25) is 0 Å². The molecule has 0 aliphatic carbocycles. The molecule has 1 heterocycles. The Kier molecular flexibility index (Phi) is 6.21. The van der Waals surface area contributed by atoms with Crippen molar-refractivity contribution < 1.29 is 9.53 Å². The molecule has 1 aromatic rings. The SMILES string of the molecule is CCc1ccc(NC(=O)CCN2CCC[C@@H](OC)C2)cc1. The molecule has 0 radical (unpaired) electrons. The van der Waals surface area contributed by atoms with Gasteiger partial charge in [0.1, 0.15) is 0 Å². The Morgan fingerprint density at radius 2 is 2.14 bits per heavy atom. The predicted molar refractivity (Wildman–Crippen MR) is 85.5 cm³/mol. The number of piperidine rings is 1. The maximum Gasteiger partial charge on any atom is 0.225 e. The van der Waals surface area contributed by atoms with Crippen LogP contribution in [0, 0.1) is 0 Å². The zero-order valence-corrected chi connectivity index (χ0v) is 13.1. The lowest BCUT2D eigenvalue weighted by molar-refractivity contribution is -0.116. The highest BCUT2D eigenvalue weighted by atomic mass is 16.5. The Hall–Kier alpha value is -1.39. The van der Waals surface area contributed by atoms with E-state index in [0.29, 0.717) is 12.5 Å². The topological polar surface area (TPSA) is 41.6 Å². The summed E-state index contributed by atoms with van der Waals surface area (Å²) >= 11 is 0. The highest BCUT2D eigenvalue weighted by molar-refractivity contribution is 5.90. The molecule has 1 atom stereocenters. The first-order chi connectivity index (χ1) is 10.2. The minimum Gasteiger partial charge on any atom is -0.380 e. The smallest absolute Gasteiger partial charge is 0.225 e. The summed E-state index contributed by atoms with van der Waals surface area (Å²) < 4.78 is 5.40. The van der Waals surface area contributed by atoms with E-state index in [4.69, 9.17) is 4.74 Å². The molecule has 116 valence electrons. The van der Waals surface area contributed by atoms with Gasteiger partial charge in [0.05, 0.1) is 6.10 Å². The number of benzene rings is 1. The molecule has 1 saturated heterocycles. The first-order valence-corrected chi connectivity index (χ1v) is 7.85. The Balaban J connectivity index is 1.73. The number of nitrogens with one attached hydrogen (secondary N) is 1. The van der Waals surface area contributed by atoms with E-state index in [-0.39, 0.29) is 5.91 Å². The van der Waals surface area contributed by atoms with Gasteiger partial charge in [0.15, 0.2) is 0 Å². The number of likely N-dealkylation sites (tertiary alicyclic amines) is 1. The van der Waals surface area contributed by atoms with Gasteiger partial charge in [0.2, 0.25) is 5.91 Å². The molecular weight excluding hydrogens is 264 g/mol. The number of nitrogens with zero attached hydrogens (tertiary/aromatic N) is 1. The van der Waals surface area contributed by atoms with Gasteiger partial charge in [0, 0.05) is 32.3 Å². The van der Waals surface area contributed by atoms with Gasteiger partial charge in [-0.25, -0.2) is 0 Å². The second-order valence-electron chi connectivity index (χ2n) is 5.65. The average molecular weight is 290 g/mol. The van der Waals surface area contributed by atoms with Crippen LogP contribution in [0.25, 0.3) is 0 Å². The molecule has 4 heteroatoms. The molecule has 4 nitrogen and oxygen atoms in total. The number of carbonyl (C=O) groups is 1. The largest absolute Gasteiger partial charge is 0.380 e. The number of methoxy groups -OCH3 is 1. The lowest BCUT2D eigenvalue weighted by Crippen LogP contribution is -2.40. The van der Waals surface area contributed by atoms with Crippen molar-refractivity contribution in [3.8, 4) is 0 Å². The van der Waals surface area contributed by atoms with E-state index in [1.54, 1.807) is 7.11 Å². The van der Waals surface area contributed by atoms with Crippen molar-refractivity contribution in [2.45, 2.75) is 38.7 Å². The summed E-state index contributed by atoms with van der Waals surface area (Å²) in [5, 5.41) is 2.96. The predicted octanol–water partition coefficient (Wildman–Crippen LogP) is 2.69. The molecule has 2 rings (SSSR count). The number of rotatable bonds is 6. The van der Waals surface area contributed by atoms with Gasteiger partial charge in [-0.15, -0.1) is 0 Å². The van der Waals surface area contributed by atoms with Gasteiger partial charge in [-0.1, -0.05) is 19.1 Å². The lowest BCUT2D eigenvalue weighted by Gasteiger charge is -2.31. The average Bonchev–Trinajstić information content (AvgIpc) is 2.54. The molecule has 1 amide bonds. The molecule has 1 N–H and O–H groups in total. The van der Waals surface area contributed by atoms with E-state index < -0.39 is 0 Å². The van der Waals surface area contributed by atoms with Crippen LogP contribution in [0.15, 0.2) is 24.3 Å². The number of ether oxygens (including phenoxy) is 1. The van der Waals surface area contributed by atoms with Gasteiger partial charge in [-0.2, -0.15) is 0 Å². The first-order valence-electron chi connectivity index (χ1n) is 7.85. The summed E-state index contributed by atoms with van der Waals surface area (Å²) in [5.41, 5.74) is 2.16. The molecule has 0 aromatic heterocycles. The minimum absolute atomic E-state index is 0.0822. The van der Waals surface area contributed by atoms with Gasteiger partial charge in [0.25, 0.3) is 0 Å². The van der Waals surface area contributed by atoms with Crippen molar-refractivity contribution in [1.82, 2.24) is 4.90 Å². The van der Waals surface area contributed by atoms with Gasteiger partial charge >= 0.3 is 0 Å². The van der Waals surface area contributed by atoms with Crippen molar-refractivity contribution in [2.75, 3.05) is 32.1 Å². The van der Waals surface area contributed by atoms with Crippen LogP contribution in [0.4, 0.5) is 5.69 Å². The summed E-state index contributed by atoms with van der Waals surface area (Å²) in [7, 11) is 1.76. The Bertz CT molecular complexity index is 445. The second kappa shape index (κ2) is 8.15. The third-order valence-corrected chi connectivity index (χ3v) is 4.10. The normalized spacial score (nSPS) is 19.4. The molecule has 0 spiro atoms. The van der Waals surface area contributed by atoms with E-state index in [1.165, 1.54) is 5.56 Å². The Morgan fingerprint density at radius 1 is 1.38 bits per heavy atom. The summed E-state index contributed by atoms with van der Waals surface area (Å²) in [6.07, 6.45) is 4.15. The maximum atomic E-state index is 12.0. The van der Waals surface area contributed by atoms with Crippen LogP contribution in [0.1, 0.15) is 31.7 Å². The molecule has 0 unspecified atom stereocenters. The third kappa shape index (κ3) is 5.14. The highest BCUT2D eigenvalue weighted by Gasteiger charge is 2.19. The molecule has 0 saturated carbocycles. The highest BCUT2D eigenvalue weighted by Crippen LogP contribution is 2.13. The summed E-state index contributed by atoms with van der Waals surface area (Å²) in [6.45, 7) is 4.94. The van der Waals surface area contributed by atoms with Crippen molar-refractivity contribution in [3.05, 3.63) is 29.8 Å². The fraction of sp³-hybridized carbons (Fsp3) is 0.588. The van der Waals surface area contributed by atoms with Crippen molar-refractivity contribution in [1.29, 1.82) is 0 Å². The number of carbonyl (C=O) groups excluding carboxylic acids is 1. The third-order valence-electron chi connectivity index (χ3n) is 4.10. The van der Waals surface area contributed by atoms with Crippen molar-refractivity contribution >= 4 is 11.6 Å². The number of hydrogen-bond donors (Lipinski definition) is 1. The first kappa shape index (κ1) is 16.0. The molecule has 21 heavy (non-hydrogen) atoms. The maximum absolute atomic E-state index is 12.0. The number of aryl methyl sites for hydroxylation is 1. The zero-order valence-electron chi connectivity index (χ0n) is 13.1. The van der Waals surface area contributed by atoms with Gasteiger partial charge in [-0.05, 0) is 43.5 Å². The fourth-order valence-corrected chi connectivity index (χ4v) is 2.72. The summed E-state index contributed by atoms with van der Waals surface area (Å²) in [6, 6.07) is 8.06. The lowest BCUT2D eigenvalue weighted by atomic mass is 10.1. The standard InChI is InChI=1S/C17H26N2O2/c1-3-14-6-8-15(9-7-14)18-17(20)10-12-19-11-4-5-16(13-19)21-2/h6-9,16H,3-5,10-13H2,1-2H3,(H,18,20)/t16-/m1/s1. The molecule has 1 fully saturated rings. The van der Waals surface area contributed by atoms with E-state index in [1.807, 2.05) is 12.1 Å².